The Labute approximate surface area is 165 Å². The van der Waals surface area contributed by atoms with Gasteiger partial charge in [-0.15, -0.1) is 5.54 Å². The van der Waals surface area contributed by atoms with Gasteiger partial charge in [-0.1, -0.05) is 25.0 Å². The monoisotopic (exact) mass is 375 g/mol. The highest BCUT2D eigenvalue weighted by atomic mass is 32.1. The number of allylic oxidation sites excluding steroid dienone is 2. The second kappa shape index (κ2) is 7.13. The van der Waals surface area contributed by atoms with Crippen LogP contribution >= 0.6 is 12.2 Å². The summed E-state index contributed by atoms with van der Waals surface area (Å²) < 4.78 is 6.75. The molecule has 2 aliphatic carbocycles. The molecule has 0 aromatic carbocycles. The fourth-order valence-electron chi connectivity index (χ4n) is 5.86. The fourth-order valence-corrected chi connectivity index (χ4v) is 6.10. The Bertz CT molecular complexity index is 624. The Morgan fingerprint density at radius 1 is 1.23 bits per heavy atom. The summed E-state index contributed by atoms with van der Waals surface area (Å²) in [5.41, 5.74) is 1.29. The van der Waals surface area contributed by atoms with Gasteiger partial charge in [0.15, 0.2) is 0 Å². The molecule has 0 aromatic rings. The van der Waals surface area contributed by atoms with Gasteiger partial charge < -0.3 is 10.1 Å². The first-order valence-electron chi connectivity index (χ1n) is 10.2. The molecule has 0 amide bonds. The molecule has 146 valence electrons. The third-order valence-electron chi connectivity index (χ3n) is 7.75. The van der Waals surface area contributed by atoms with Crippen LogP contribution in [0.25, 0.3) is 5.32 Å². The maximum Gasteiger partial charge on any atom is 0.0915 e. The summed E-state index contributed by atoms with van der Waals surface area (Å²) >= 11 is 4.86. The van der Waals surface area contributed by atoms with E-state index in [-0.39, 0.29) is 22.8 Å². The molecule has 4 heteroatoms. The average molecular weight is 376 g/mol. The van der Waals surface area contributed by atoms with Gasteiger partial charge in [0.2, 0.25) is 0 Å². The molecule has 0 bridgehead atoms. The van der Waals surface area contributed by atoms with E-state index in [4.69, 9.17) is 22.3 Å². The minimum atomic E-state index is -0.292. The molecule has 3 aliphatic rings. The number of fused-ring (bicyclic) bond motifs is 1. The van der Waals surface area contributed by atoms with Crippen LogP contribution in [-0.2, 0) is 4.74 Å². The summed E-state index contributed by atoms with van der Waals surface area (Å²) in [6.45, 7) is 11.2. The van der Waals surface area contributed by atoms with E-state index in [2.05, 4.69) is 50.8 Å². The largest absolute Gasteiger partial charge is 0.659 e. The summed E-state index contributed by atoms with van der Waals surface area (Å²) in [6.07, 6.45) is 9.69. The Balaban J connectivity index is 1.86. The van der Waals surface area contributed by atoms with Crippen LogP contribution in [0.3, 0.4) is 0 Å². The highest BCUT2D eigenvalue weighted by molar-refractivity contribution is 7.78. The van der Waals surface area contributed by atoms with Crippen LogP contribution in [0.2, 0.25) is 0 Å². The van der Waals surface area contributed by atoms with Crippen molar-refractivity contribution < 1.29 is 4.74 Å². The predicted octanol–water partition coefficient (Wildman–Crippen LogP) is 5.95. The Morgan fingerprint density at radius 3 is 2.62 bits per heavy atom. The number of thiocarbonyl (C=S) groups is 1. The molecule has 0 unspecified atom stereocenters. The summed E-state index contributed by atoms with van der Waals surface area (Å²) in [7, 11) is 2.01. The van der Waals surface area contributed by atoms with Crippen molar-refractivity contribution in [3.05, 3.63) is 17.0 Å². The van der Waals surface area contributed by atoms with Gasteiger partial charge in [-0.3, -0.25) is 0 Å². The Hall–Kier alpha value is -0.540. The SMILES string of the molecule is C[N-][C@@]1(C)CC[C@H]([C@@]2(C)CC[C@@H](C(C)(C)N=C=S)O2)[C@H]2C=C(C)CC[C@@H]21. The summed E-state index contributed by atoms with van der Waals surface area (Å²) in [5.74, 6) is 1.78. The third-order valence-corrected chi connectivity index (χ3v) is 7.84. The maximum absolute atomic E-state index is 6.75. The quantitative estimate of drug-likeness (QED) is 0.346. The van der Waals surface area contributed by atoms with Crippen molar-refractivity contribution in [1.29, 1.82) is 0 Å². The molecule has 1 saturated heterocycles. The van der Waals surface area contributed by atoms with E-state index in [9.17, 15) is 0 Å². The lowest BCUT2D eigenvalue weighted by atomic mass is 9.56. The predicted molar refractivity (Wildman–Crippen MR) is 112 cm³/mol. The van der Waals surface area contributed by atoms with Gasteiger partial charge in [0, 0.05) is 0 Å². The standard InChI is InChI=1S/C22H35N2OS/c1-15-7-8-17-16(13-15)18(9-11-21(17,4)23-6)22(5)12-10-19(25-22)20(2,3)24-14-26/h13,16-19H,7-12H2,1-6H3/q-1/t16-,17-,18-,19-,21-,22+/m0/s1. The number of nitrogens with zero attached hydrogens (tertiary/aromatic N) is 2. The smallest absolute Gasteiger partial charge is 0.0915 e. The van der Waals surface area contributed by atoms with Crippen LogP contribution < -0.4 is 0 Å². The maximum atomic E-state index is 6.75. The Kier molecular flexibility index (Phi) is 5.54. The number of aliphatic imine (C=N–C) groups is 1. The van der Waals surface area contributed by atoms with Crippen LogP contribution in [0.4, 0.5) is 0 Å². The molecular formula is C22H35N2OS-. The minimum absolute atomic E-state index is 0.0784. The highest BCUT2D eigenvalue weighted by Crippen LogP contribution is 2.56. The molecule has 3 rings (SSSR count). The number of ether oxygens (including phenoxy) is 1. The molecule has 1 aliphatic heterocycles. The van der Waals surface area contributed by atoms with Crippen LogP contribution in [0, 0.1) is 17.8 Å². The van der Waals surface area contributed by atoms with Crippen molar-refractivity contribution in [2.24, 2.45) is 22.7 Å². The van der Waals surface area contributed by atoms with Gasteiger partial charge in [-0.2, -0.15) is 7.05 Å². The van der Waals surface area contributed by atoms with Crippen molar-refractivity contribution in [1.82, 2.24) is 0 Å². The van der Waals surface area contributed by atoms with Crippen LogP contribution in [0.1, 0.15) is 73.1 Å². The molecule has 0 radical (unpaired) electrons. The van der Waals surface area contributed by atoms with E-state index in [0.717, 1.165) is 12.8 Å². The lowest BCUT2D eigenvalue weighted by Crippen LogP contribution is -2.53. The van der Waals surface area contributed by atoms with Gasteiger partial charge in [0.1, 0.15) is 0 Å². The van der Waals surface area contributed by atoms with E-state index in [0.29, 0.717) is 17.8 Å². The number of hydrogen-bond acceptors (Lipinski definition) is 3. The molecule has 6 atom stereocenters. The van der Waals surface area contributed by atoms with Crippen molar-refractivity contribution in [2.45, 2.75) is 95.9 Å². The zero-order chi connectivity index (χ0) is 19.2. The fraction of sp³-hybridized carbons (Fsp3) is 0.864. The van der Waals surface area contributed by atoms with Gasteiger partial charge in [0.25, 0.3) is 0 Å². The van der Waals surface area contributed by atoms with Gasteiger partial charge >= 0.3 is 0 Å². The van der Waals surface area contributed by atoms with E-state index < -0.39 is 0 Å². The Morgan fingerprint density at radius 2 is 1.96 bits per heavy atom. The second-order valence-corrected chi connectivity index (χ2v) is 9.96. The molecule has 0 aromatic heterocycles. The van der Waals surface area contributed by atoms with E-state index in [1.807, 2.05) is 7.05 Å². The number of rotatable bonds is 4. The van der Waals surface area contributed by atoms with E-state index in [1.165, 1.54) is 25.7 Å². The van der Waals surface area contributed by atoms with Gasteiger partial charge in [0.05, 0.1) is 22.4 Å². The second-order valence-electron chi connectivity index (χ2n) is 9.78. The summed E-state index contributed by atoms with van der Waals surface area (Å²) in [5, 5.41) is 7.41. The van der Waals surface area contributed by atoms with E-state index in [1.54, 1.807) is 5.57 Å². The van der Waals surface area contributed by atoms with Gasteiger partial charge in [-0.25, -0.2) is 4.99 Å². The van der Waals surface area contributed by atoms with Gasteiger partial charge in [-0.05, 0) is 89.8 Å². The normalized spacial score (nSPS) is 43.4. The minimum Gasteiger partial charge on any atom is -0.659 e. The highest BCUT2D eigenvalue weighted by Gasteiger charge is 2.53. The first kappa shape index (κ1) is 20.2. The zero-order valence-corrected chi connectivity index (χ0v) is 18.2. The topological polar surface area (TPSA) is 35.7 Å². The lowest BCUT2D eigenvalue weighted by Gasteiger charge is -2.60. The van der Waals surface area contributed by atoms with Crippen molar-refractivity contribution in [3.8, 4) is 0 Å². The molecule has 0 N–H and O–H groups in total. The molecule has 0 spiro atoms. The molecule has 1 saturated carbocycles. The van der Waals surface area contributed by atoms with Crippen molar-refractivity contribution in [3.63, 3.8) is 0 Å². The average Bonchev–Trinajstić information content (AvgIpc) is 2.99. The van der Waals surface area contributed by atoms with Crippen LogP contribution in [0.15, 0.2) is 16.6 Å². The molecular weight excluding hydrogens is 340 g/mol. The summed E-state index contributed by atoms with van der Waals surface area (Å²) in [6, 6.07) is 0. The zero-order valence-electron chi connectivity index (χ0n) is 17.3. The molecule has 1 heterocycles. The van der Waals surface area contributed by atoms with E-state index >= 15 is 0 Å². The molecule has 3 nitrogen and oxygen atoms in total. The molecule has 26 heavy (non-hydrogen) atoms. The number of hydrogen-bond donors (Lipinski definition) is 0. The van der Waals surface area contributed by atoms with Crippen LogP contribution in [-0.4, -0.2) is 35.0 Å². The van der Waals surface area contributed by atoms with Crippen molar-refractivity contribution in [2.75, 3.05) is 7.05 Å². The summed E-state index contributed by atoms with van der Waals surface area (Å²) in [4.78, 5) is 4.39. The van der Waals surface area contributed by atoms with Crippen molar-refractivity contribution >= 4 is 17.4 Å². The first-order chi connectivity index (χ1) is 12.1. The van der Waals surface area contributed by atoms with Crippen LogP contribution in [0.5, 0.6) is 0 Å². The third kappa shape index (κ3) is 3.46. The lowest BCUT2D eigenvalue weighted by molar-refractivity contribution is -0.115. The first-order valence-corrected chi connectivity index (χ1v) is 10.6. The molecule has 2 fully saturated rings. The number of isothiocyanates is 1.